The highest BCUT2D eigenvalue weighted by Gasteiger charge is 1.89. The Morgan fingerprint density at radius 1 is 1.62 bits per heavy atom. The van der Waals surface area contributed by atoms with Gasteiger partial charge in [0.05, 0.1) is 6.26 Å². The Morgan fingerprint density at radius 2 is 2.38 bits per heavy atom. The smallest absolute Gasteiger partial charge is 0.350 e. The number of hydrogen-bond donors (Lipinski definition) is 0. The zero-order valence-electron chi connectivity index (χ0n) is 3.93. The van der Waals surface area contributed by atoms with Crippen molar-refractivity contribution in [2.75, 3.05) is 0 Å². The number of rotatable bonds is 0. The molecular weight excluding hydrogens is 172 g/mol. The van der Waals surface area contributed by atoms with Crippen molar-refractivity contribution >= 4 is 15.9 Å². The first-order chi connectivity index (χ1) is 3.80. The van der Waals surface area contributed by atoms with Crippen molar-refractivity contribution in [3.05, 3.63) is 33.3 Å². The quantitative estimate of drug-likeness (QED) is 0.596. The predicted molar refractivity (Wildman–Crippen MR) is 32.7 cm³/mol. The molecule has 0 aromatic carbocycles. The van der Waals surface area contributed by atoms with Crippen molar-refractivity contribution in [2.24, 2.45) is 0 Å². The van der Waals surface area contributed by atoms with Crippen molar-refractivity contribution < 1.29 is 4.42 Å². The molecule has 0 aliphatic rings. The first-order valence-corrected chi connectivity index (χ1v) is 2.83. The minimum Gasteiger partial charge on any atom is -0.431 e. The average Bonchev–Trinajstić information content (AvgIpc) is 1.77. The van der Waals surface area contributed by atoms with Gasteiger partial charge in [0.15, 0.2) is 0 Å². The second-order valence-electron chi connectivity index (χ2n) is 1.25. The standard InChI is InChI=1S/C5H3BrO2/c6-4-2-1-3-8-5(4)7/h1-3H. The molecule has 8 heavy (non-hydrogen) atoms. The fraction of sp³-hybridized carbons (Fsp3) is 0. The highest BCUT2D eigenvalue weighted by atomic mass is 79.9. The molecule has 1 aromatic rings. The van der Waals surface area contributed by atoms with Crippen molar-refractivity contribution in [3.63, 3.8) is 0 Å². The average molecular weight is 175 g/mol. The zero-order chi connectivity index (χ0) is 5.98. The van der Waals surface area contributed by atoms with E-state index in [-0.39, 0.29) is 5.63 Å². The summed E-state index contributed by atoms with van der Waals surface area (Å²) in [6.45, 7) is 0. The maximum atomic E-state index is 10.4. The van der Waals surface area contributed by atoms with Crippen LogP contribution < -0.4 is 5.63 Å². The molecule has 1 aromatic heterocycles. The minimum atomic E-state index is -0.340. The lowest BCUT2D eigenvalue weighted by molar-refractivity contribution is 0.506. The molecule has 0 N–H and O–H groups in total. The monoisotopic (exact) mass is 174 g/mol. The highest BCUT2D eigenvalue weighted by Crippen LogP contribution is 1.98. The van der Waals surface area contributed by atoms with Gasteiger partial charge in [-0.1, -0.05) is 0 Å². The molecule has 0 bridgehead atoms. The number of halogens is 1. The number of hydrogen-bond acceptors (Lipinski definition) is 2. The van der Waals surface area contributed by atoms with E-state index in [1.807, 2.05) is 0 Å². The summed E-state index contributed by atoms with van der Waals surface area (Å²) in [4.78, 5) is 10.4. The first-order valence-electron chi connectivity index (χ1n) is 2.04. The van der Waals surface area contributed by atoms with Crippen LogP contribution in [0.2, 0.25) is 0 Å². The van der Waals surface area contributed by atoms with Gasteiger partial charge in [-0.2, -0.15) is 0 Å². The van der Waals surface area contributed by atoms with Gasteiger partial charge in [0.25, 0.3) is 0 Å². The van der Waals surface area contributed by atoms with Crippen LogP contribution in [0.1, 0.15) is 0 Å². The van der Waals surface area contributed by atoms with E-state index in [2.05, 4.69) is 20.3 Å². The van der Waals surface area contributed by atoms with E-state index >= 15 is 0 Å². The SMILES string of the molecule is O=c1occcc1Br. The molecule has 0 spiro atoms. The van der Waals surface area contributed by atoms with Crippen molar-refractivity contribution in [3.8, 4) is 0 Å². The summed E-state index contributed by atoms with van der Waals surface area (Å²) in [6, 6.07) is 3.28. The first kappa shape index (κ1) is 5.56. The molecule has 0 saturated heterocycles. The fourth-order valence-corrected chi connectivity index (χ4v) is 0.595. The van der Waals surface area contributed by atoms with E-state index in [4.69, 9.17) is 0 Å². The van der Waals surface area contributed by atoms with E-state index in [0.29, 0.717) is 4.47 Å². The molecule has 0 radical (unpaired) electrons. The normalized spacial score (nSPS) is 9.12. The molecule has 1 heterocycles. The summed E-state index contributed by atoms with van der Waals surface area (Å²) >= 11 is 2.99. The summed E-state index contributed by atoms with van der Waals surface area (Å²) in [5.41, 5.74) is -0.340. The van der Waals surface area contributed by atoms with Crippen LogP contribution in [0.3, 0.4) is 0 Å². The second kappa shape index (κ2) is 2.13. The molecule has 2 nitrogen and oxygen atoms in total. The van der Waals surface area contributed by atoms with E-state index < -0.39 is 0 Å². The molecule has 0 aliphatic carbocycles. The molecule has 0 amide bonds. The van der Waals surface area contributed by atoms with Crippen LogP contribution in [0, 0.1) is 0 Å². The Kier molecular flexibility index (Phi) is 1.48. The molecule has 0 saturated carbocycles. The predicted octanol–water partition coefficient (Wildman–Crippen LogP) is 1.40. The molecule has 0 fully saturated rings. The maximum absolute atomic E-state index is 10.4. The van der Waals surface area contributed by atoms with Gasteiger partial charge in [0, 0.05) is 0 Å². The zero-order valence-corrected chi connectivity index (χ0v) is 5.51. The molecule has 42 valence electrons. The van der Waals surface area contributed by atoms with E-state index in [1.165, 1.54) is 6.26 Å². The van der Waals surface area contributed by atoms with Crippen LogP contribution in [0.5, 0.6) is 0 Å². The summed E-state index contributed by atoms with van der Waals surface area (Å²) in [7, 11) is 0. The van der Waals surface area contributed by atoms with Gasteiger partial charge in [-0.05, 0) is 28.1 Å². The van der Waals surface area contributed by atoms with Gasteiger partial charge < -0.3 is 4.42 Å². The lowest BCUT2D eigenvalue weighted by Crippen LogP contribution is -1.95. The van der Waals surface area contributed by atoms with Crippen molar-refractivity contribution in [1.82, 2.24) is 0 Å². The molecule has 0 atom stereocenters. The highest BCUT2D eigenvalue weighted by molar-refractivity contribution is 9.10. The molecule has 0 aliphatic heterocycles. The van der Waals surface area contributed by atoms with Crippen LogP contribution in [0.25, 0.3) is 0 Å². The van der Waals surface area contributed by atoms with Crippen LogP contribution in [0.4, 0.5) is 0 Å². The van der Waals surface area contributed by atoms with Crippen molar-refractivity contribution in [2.45, 2.75) is 0 Å². The Morgan fingerprint density at radius 3 is 2.75 bits per heavy atom. The van der Waals surface area contributed by atoms with Gasteiger partial charge in [0.2, 0.25) is 0 Å². The summed E-state index contributed by atoms with van der Waals surface area (Å²) in [5, 5.41) is 0. The van der Waals surface area contributed by atoms with Gasteiger partial charge in [-0.15, -0.1) is 0 Å². The van der Waals surface area contributed by atoms with Gasteiger partial charge in [-0.25, -0.2) is 4.79 Å². The third kappa shape index (κ3) is 0.980. The molecular formula is C5H3BrO2. The van der Waals surface area contributed by atoms with Crippen molar-refractivity contribution in [1.29, 1.82) is 0 Å². The molecule has 3 heteroatoms. The van der Waals surface area contributed by atoms with E-state index in [9.17, 15) is 4.79 Å². The Labute approximate surface area is 54.3 Å². The van der Waals surface area contributed by atoms with E-state index in [0.717, 1.165) is 0 Å². The Balaban J connectivity index is 3.35. The van der Waals surface area contributed by atoms with E-state index in [1.54, 1.807) is 12.1 Å². The third-order valence-electron chi connectivity index (χ3n) is 0.691. The van der Waals surface area contributed by atoms with Gasteiger partial charge >= 0.3 is 5.63 Å². The second-order valence-corrected chi connectivity index (χ2v) is 2.10. The summed E-state index contributed by atoms with van der Waals surface area (Å²) in [5.74, 6) is 0. The lowest BCUT2D eigenvalue weighted by atomic mass is 10.5. The fourth-order valence-electron chi connectivity index (χ4n) is 0.349. The molecule has 0 unspecified atom stereocenters. The minimum absolute atomic E-state index is 0.340. The third-order valence-corrected chi connectivity index (χ3v) is 1.28. The largest absolute Gasteiger partial charge is 0.431 e. The van der Waals surface area contributed by atoms with Crippen LogP contribution >= 0.6 is 15.9 Å². The lowest BCUT2D eigenvalue weighted by Gasteiger charge is -1.80. The Bertz CT molecular complexity index is 228. The topological polar surface area (TPSA) is 30.2 Å². The summed E-state index contributed by atoms with van der Waals surface area (Å²) in [6.07, 6.45) is 1.34. The summed E-state index contributed by atoms with van der Waals surface area (Å²) < 4.78 is 4.91. The van der Waals surface area contributed by atoms with Crippen LogP contribution in [-0.2, 0) is 0 Å². The van der Waals surface area contributed by atoms with Gasteiger partial charge in [0.1, 0.15) is 4.47 Å². The maximum Gasteiger partial charge on any atom is 0.350 e. The van der Waals surface area contributed by atoms with Crippen LogP contribution in [0.15, 0.2) is 32.1 Å². The Hall–Kier alpha value is -0.570. The van der Waals surface area contributed by atoms with Gasteiger partial charge in [-0.3, -0.25) is 0 Å². The molecule has 1 rings (SSSR count). The van der Waals surface area contributed by atoms with Crippen LogP contribution in [-0.4, -0.2) is 0 Å².